The summed E-state index contributed by atoms with van der Waals surface area (Å²) in [5, 5.41) is 5.02. The molecular weight excluding hydrogens is 797 g/mol. The third kappa shape index (κ3) is 6.58. The van der Waals surface area contributed by atoms with Crippen molar-refractivity contribution in [1.82, 2.24) is 9.55 Å². The lowest BCUT2D eigenvalue weighted by atomic mass is 10.0. The Morgan fingerprint density at radius 1 is 0.359 bits per heavy atom. The predicted octanol–water partition coefficient (Wildman–Crippen LogP) is 16.8. The summed E-state index contributed by atoms with van der Waals surface area (Å²) in [5.74, 6) is 0. The number of nitrogens with zero attached hydrogens (tertiary/aromatic N) is 4. The highest BCUT2D eigenvalue weighted by molar-refractivity contribution is 7.26. The molecule has 5 heteroatoms. The largest absolute Gasteiger partial charge is 0.311 e. The van der Waals surface area contributed by atoms with E-state index >= 15 is 0 Å². The first-order chi connectivity index (χ1) is 31.7. The Morgan fingerprint density at radius 2 is 0.891 bits per heavy atom. The molecule has 302 valence electrons. The Hall–Kier alpha value is -8.25. The second kappa shape index (κ2) is 15.9. The number of pyridine rings is 1. The highest BCUT2D eigenvalue weighted by Crippen LogP contribution is 2.43. The molecule has 0 aliphatic heterocycles. The highest BCUT2D eigenvalue weighted by Gasteiger charge is 2.19. The molecule has 64 heavy (non-hydrogen) atoms. The average molecular weight is 837 g/mol. The monoisotopic (exact) mass is 836 g/mol. The van der Waals surface area contributed by atoms with Crippen molar-refractivity contribution >= 4 is 87.4 Å². The summed E-state index contributed by atoms with van der Waals surface area (Å²) in [6.07, 6.45) is 2.01. The van der Waals surface area contributed by atoms with Gasteiger partial charge in [0.15, 0.2) is 0 Å². The smallest absolute Gasteiger partial charge is 0.0703 e. The van der Waals surface area contributed by atoms with Gasteiger partial charge in [-0.15, -0.1) is 11.3 Å². The van der Waals surface area contributed by atoms with E-state index in [1.165, 1.54) is 47.6 Å². The molecule has 12 rings (SSSR count). The quantitative estimate of drug-likeness (QED) is 0.145. The molecule has 9 aromatic carbocycles. The molecule has 0 spiro atoms. The van der Waals surface area contributed by atoms with Gasteiger partial charge in [-0.2, -0.15) is 0 Å². The van der Waals surface area contributed by atoms with E-state index in [-0.39, 0.29) is 0 Å². The van der Waals surface area contributed by atoms with E-state index in [2.05, 4.69) is 251 Å². The van der Waals surface area contributed by atoms with Crippen LogP contribution in [0.1, 0.15) is 0 Å². The second-order valence-corrected chi connectivity index (χ2v) is 17.1. The minimum atomic E-state index is 0.911. The average Bonchev–Trinajstić information content (AvgIpc) is 3.92. The van der Waals surface area contributed by atoms with Crippen molar-refractivity contribution in [1.29, 1.82) is 0 Å². The number of benzene rings is 9. The number of fused-ring (bicyclic) bond motifs is 6. The van der Waals surface area contributed by atoms with Crippen molar-refractivity contribution in [2.24, 2.45) is 0 Å². The van der Waals surface area contributed by atoms with E-state index in [1.807, 2.05) is 17.5 Å². The molecule has 0 bridgehead atoms. The fraction of sp³-hybridized carbons (Fsp3) is 0. The number of hydrogen-bond donors (Lipinski definition) is 0. The Kier molecular flexibility index (Phi) is 9.32. The summed E-state index contributed by atoms with van der Waals surface area (Å²) < 4.78 is 4.99. The number of thiophene rings is 1. The summed E-state index contributed by atoms with van der Waals surface area (Å²) in [6.45, 7) is 0. The van der Waals surface area contributed by atoms with E-state index in [4.69, 9.17) is 4.98 Å². The Morgan fingerprint density at radius 3 is 1.58 bits per heavy atom. The third-order valence-corrected chi connectivity index (χ3v) is 13.4. The van der Waals surface area contributed by atoms with Crippen molar-refractivity contribution in [3.05, 3.63) is 243 Å². The minimum Gasteiger partial charge on any atom is -0.311 e. The van der Waals surface area contributed by atoms with Gasteiger partial charge in [0, 0.05) is 70.6 Å². The van der Waals surface area contributed by atoms with Crippen molar-refractivity contribution in [3.8, 4) is 28.1 Å². The van der Waals surface area contributed by atoms with Gasteiger partial charge in [-0.25, -0.2) is 0 Å². The lowest BCUT2D eigenvalue weighted by Crippen LogP contribution is -2.10. The number of anilines is 6. The van der Waals surface area contributed by atoms with Crippen LogP contribution in [0.25, 0.3) is 70.0 Å². The molecule has 0 fully saturated rings. The minimum absolute atomic E-state index is 0.911. The predicted molar refractivity (Wildman–Crippen MR) is 272 cm³/mol. The number of para-hydroxylation sites is 4. The molecule has 0 saturated heterocycles. The van der Waals surface area contributed by atoms with Crippen molar-refractivity contribution < 1.29 is 0 Å². The van der Waals surface area contributed by atoms with Crippen molar-refractivity contribution in [2.75, 3.05) is 9.80 Å². The second-order valence-electron chi connectivity index (χ2n) is 16.0. The first kappa shape index (κ1) is 37.5. The Balaban J connectivity index is 0.946. The summed E-state index contributed by atoms with van der Waals surface area (Å²) in [4.78, 5) is 9.74. The highest BCUT2D eigenvalue weighted by atomic mass is 32.1. The maximum atomic E-state index is 5.13. The number of aromatic nitrogens is 2. The van der Waals surface area contributed by atoms with Gasteiger partial charge in [0.2, 0.25) is 0 Å². The fourth-order valence-corrected chi connectivity index (χ4v) is 10.5. The maximum Gasteiger partial charge on any atom is 0.0703 e. The van der Waals surface area contributed by atoms with Gasteiger partial charge < -0.3 is 14.4 Å². The molecule has 0 atom stereocenters. The van der Waals surface area contributed by atoms with Gasteiger partial charge >= 0.3 is 0 Å². The normalized spacial score (nSPS) is 11.4. The molecule has 12 aromatic rings. The lowest BCUT2D eigenvalue weighted by molar-refractivity contribution is 1.18. The summed E-state index contributed by atoms with van der Waals surface area (Å²) in [5.41, 5.74) is 14.3. The molecule has 0 amide bonds. The molecule has 4 nitrogen and oxygen atoms in total. The van der Waals surface area contributed by atoms with Crippen LogP contribution in [0.4, 0.5) is 34.1 Å². The molecule has 3 aromatic heterocycles. The number of hydrogen-bond acceptors (Lipinski definition) is 4. The van der Waals surface area contributed by atoms with Gasteiger partial charge in [0.1, 0.15) is 0 Å². The standard InChI is InChI=1S/C59H40N4S/c1-4-15-43(16-5-1)61(44-17-6-2-7-18-44)46-33-29-42(30-34-46)55-37-35-49(40-60-55)62(47-31-27-41(28-32-47)50-23-14-24-53-52-22-11-13-26-58(52)64-59(50)53)48-36-38-57-54(39-48)51-21-10-12-25-56(51)63(57)45-19-8-3-9-20-45/h1-40H. The van der Waals surface area contributed by atoms with E-state index in [9.17, 15) is 0 Å². The molecule has 0 saturated carbocycles. The van der Waals surface area contributed by atoms with Crippen LogP contribution in [0.15, 0.2) is 243 Å². The summed E-state index contributed by atoms with van der Waals surface area (Å²) in [6, 6.07) is 84.6. The first-order valence-corrected chi connectivity index (χ1v) is 22.4. The van der Waals surface area contributed by atoms with Crippen LogP contribution in [-0.4, -0.2) is 9.55 Å². The van der Waals surface area contributed by atoms with Crippen LogP contribution in [0.3, 0.4) is 0 Å². The van der Waals surface area contributed by atoms with E-state index in [0.717, 1.165) is 56.6 Å². The molecule has 3 heterocycles. The Bertz CT molecular complexity index is 3540. The van der Waals surface area contributed by atoms with Crippen LogP contribution < -0.4 is 9.80 Å². The summed E-state index contributed by atoms with van der Waals surface area (Å²) >= 11 is 1.87. The molecule has 0 N–H and O–H groups in total. The van der Waals surface area contributed by atoms with Crippen LogP contribution in [0.5, 0.6) is 0 Å². The van der Waals surface area contributed by atoms with Crippen LogP contribution in [-0.2, 0) is 0 Å². The van der Waals surface area contributed by atoms with Gasteiger partial charge in [0.25, 0.3) is 0 Å². The van der Waals surface area contributed by atoms with E-state index in [1.54, 1.807) is 0 Å². The lowest BCUT2D eigenvalue weighted by Gasteiger charge is -2.26. The first-order valence-electron chi connectivity index (χ1n) is 21.6. The van der Waals surface area contributed by atoms with Crippen LogP contribution >= 0.6 is 11.3 Å². The van der Waals surface area contributed by atoms with E-state index in [0.29, 0.717) is 0 Å². The van der Waals surface area contributed by atoms with Gasteiger partial charge in [-0.1, -0.05) is 133 Å². The SMILES string of the molecule is c1ccc(N(c2ccccc2)c2ccc(-c3ccc(N(c4ccc(-c5cccc6c5sc5ccccc56)cc4)c4ccc5c(c4)c4ccccc4n5-c4ccccc4)cn3)cc2)cc1. The third-order valence-electron chi connectivity index (χ3n) is 12.2. The molecule has 0 aliphatic carbocycles. The fourth-order valence-electron chi connectivity index (χ4n) is 9.24. The number of rotatable bonds is 9. The molecule has 0 aliphatic rings. The van der Waals surface area contributed by atoms with Crippen molar-refractivity contribution in [3.63, 3.8) is 0 Å². The van der Waals surface area contributed by atoms with Crippen LogP contribution in [0.2, 0.25) is 0 Å². The zero-order valence-corrected chi connectivity index (χ0v) is 35.6. The molecule has 0 radical (unpaired) electrons. The maximum absolute atomic E-state index is 5.13. The molecule has 0 unspecified atom stereocenters. The zero-order chi connectivity index (χ0) is 42.4. The van der Waals surface area contributed by atoms with Gasteiger partial charge in [-0.05, 0) is 114 Å². The van der Waals surface area contributed by atoms with Crippen molar-refractivity contribution in [2.45, 2.75) is 0 Å². The summed E-state index contributed by atoms with van der Waals surface area (Å²) in [7, 11) is 0. The molecular formula is C59H40N4S. The Labute approximate surface area is 375 Å². The van der Waals surface area contributed by atoms with Gasteiger partial charge in [0.05, 0.1) is 28.6 Å². The zero-order valence-electron chi connectivity index (χ0n) is 34.8. The van der Waals surface area contributed by atoms with Gasteiger partial charge in [-0.3, -0.25) is 4.98 Å². The van der Waals surface area contributed by atoms with E-state index < -0.39 is 0 Å². The topological polar surface area (TPSA) is 24.3 Å². The van der Waals surface area contributed by atoms with Crippen LogP contribution in [0, 0.1) is 0 Å².